The van der Waals surface area contributed by atoms with E-state index in [-0.39, 0.29) is 11.7 Å². The van der Waals surface area contributed by atoms with Gasteiger partial charge in [-0.05, 0) is 23.6 Å². The lowest BCUT2D eigenvalue weighted by molar-refractivity contribution is 0.0790. The van der Waals surface area contributed by atoms with Crippen LogP contribution in [0, 0.1) is 5.82 Å². The molecule has 0 radical (unpaired) electrons. The lowest BCUT2D eigenvalue weighted by Gasteiger charge is -2.14. The Morgan fingerprint density at radius 1 is 1.45 bits per heavy atom. The highest BCUT2D eigenvalue weighted by Crippen LogP contribution is 2.27. The topological polar surface area (TPSA) is 49.0 Å². The second-order valence-corrected chi connectivity index (χ2v) is 5.64. The van der Waals surface area contributed by atoms with Crippen molar-refractivity contribution >= 4 is 27.3 Å². The summed E-state index contributed by atoms with van der Waals surface area (Å²) in [6, 6.07) is 6.34. The van der Waals surface area contributed by atoms with Gasteiger partial charge < -0.3 is 4.90 Å². The number of nitrogens with one attached hydrogen (secondary N) is 1. The summed E-state index contributed by atoms with van der Waals surface area (Å²) in [6.45, 7) is 0.484. The summed E-state index contributed by atoms with van der Waals surface area (Å²) in [5.74, 6) is -0.363. The Labute approximate surface area is 118 Å². The lowest BCUT2D eigenvalue weighted by Crippen LogP contribution is -2.25. The van der Waals surface area contributed by atoms with Gasteiger partial charge in [-0.25, -0.2) is 4.39 Å². The van der Waals surface area contributed by atoms with E-state index in [2.05, 4.69) is 10.2 Å². The number of amides is 1. The Morgan fingerprint density at radius 2 is 2.30 bits per heavy atom. The van der Waals surface area contributed by atoms with Crippen molar-refractivity contribution in [2.24, 2.45) is 0 Å². The van der Waals surface area contributed by atoms with Gasteiger partial charge in [0.25, 0.3) is 5.91 Å². The molecule has 4 nitrogen and oxygen atoms in total. The first-order valence-corrected chi connectivity index (χ1v) is 6.87. The fourth-order valence-corrected chi connectivity index (χ4v) is 3.09. The first-order valence-electron chi connectivity index (χ1n) is 6.06. The smallest absolute Gasteiger partial charge is 0.264 e. The van der Waals surface area contributed by atoms with Crippen LogP contribution in [0.1, 0.15) is 15.2 Å². The molecule has 0 unspecified atom stereocenters. The Balaban J connectivity index is 1.84. The van der Waals surface area contributed by atoms with Crippen LogP contribution in [0.15, 0.2) is 36.7 Å². The van der Waals surface area contributed by atoms with Crippen LogP contribution in [0.4, 0.5) is 4.39 Å². The van der Waals surface area contributed by atoms with E-state index < -0.39 is 0 Å². The highest BCUT2D eigenvalue weighted by atomic mass is 32.1. The van der Waals surface area contributed by atoms with E-state index in [0.29, 0.717) is 11.4 Å². The van der Waals surface area contributed by atoms with E-state index in [1.807, 2.05) is 0 Å². The Hall–Kier alpha value is -2.21. The zero-order valence-electron chi connectivity index (χ0n) is 10.8. The van der Waals surface area contributed by atoms with Gasteiger partial charge in [0.15, 0.2) is 0 Å². The normalized spacial score (nSPS) is 10.9. The molecule has 3 rings (SSSR count). The van der Waals surface area contributed by atoms with E-state index in [4.69, 9.17) is 0 Å². The van der Waals surface area contributed by atoms with Crippen LogP contribution in [0.3, 0.4) is 0 Å². The number of carbonyl (C=O) groups excluding carboxylic acids is 1. The quantitative estimate of drug-likeness (QED) is 0.805. The highest BCUT2D eigenvalue weighted by Gasteiger charge is 2.15. The minimum atomic E-state index is -0.287. The standard InChI is InChI=1S/C14H12FN3OS/c1-18(8-9-6-16-17-7-9)14(19)13-4-10-2-3-11(15)5-12(10)20-13/h2-7H,8H2,1H3,(H,16,17). The molecule has 0 bridgehead atoms. The van der Waals surface area contributed by atoms with Crippen LogP contribution >= 0.6 is 11.3 Å². The fourth-order valence-electron chi connectivity index (χ4n) is 2.01. The van der Waals surface area contributed by atoms with Gasteiger partial charge in [0, 0.05) is 30.1 Å². The number of nitrogens with zero attached hydrogens (tertiary/aromatic N) is 2. The first kappa shape index (κ1) is 12.8. The number of hydrogen-bond acceptors (Lipinski definition) is 3. The molecule has 0 aliphatic heterocycles. The van der Waals surface area contributed by atoms with Crippen molar-refractivity contribution in [3.8, 4) is 0 Å². The second-order valence-electron chi connectivity index (χ2n) is 4.56. The van der Waals surface area contributed by atoms with Gasteiger partial charge in [-0.2, -0.15) is 5.10 Å². The maximum atomic E-state index is 13.2. The number of aromatic amines is 1. The number of rotatable bonds is 3. The van der Waals surface area contributed by atoms with Crippen molar-refractivity contribution in [3.63, 3.8) is 0 Å². The average molecular weight is 289 g/mol. The third-order valence-electron chi connectivity index (χ3n) is 3.01. The summed E-state index contributed by atoms with van der Waals surface area (Å²) in [4.78, 5) is 14.6. The number of fused-ring (bicyclic) bond motifs is 1. The SMILES string of the molecule is CN(Cc1cn[nH]c1)C(=O)c1cc2ccc(F)cc2s1. The highest BCUT2D eigenvalue weighted by molar-refractivity contribution is 7.20. The summed E-state index contributed by atoms with van der Waals surface area (Å²) < 4.78 is 13.9. The van der Waals surface area contributed by atoms with E-state index >= 15 is 0 Å². The Morgan fingerprint density at radius 3 is 3.05 bits per heavy atom. The van der Waals surface area contributed by atoms with Crippen LogP contribution in [0.2, 0.25) is 0 Å². The van der Waals surface area contributed by atoms with Crippen LogP contribution in [-0.4, -0.2) is 28.1 Å². The molecule has 0 spiro atoms. The van der Waals surface area contributed by atoms with Gasteiger partial charge in [0.05, 0.1) is 11.1 Å². The van der Waals surface area contributed by atoms with Gasteiger partial charge in [-0.1, -0.05) is 6.07 Å². The molecule has 0 saturated heterocycles. The molecule has 0 atom stereocenters. The molecule has 1 aromatic carbocycles. The van der Waals surface area contributed by atoms with Crippen LogP contribution in [0.5, 0.6) is 0 Å². The molecular weight excluding hydrogens is 277 g/mol. The van der Waals surface area contributed by atoms with Crippen LogP contribution < -0.4 is 0 Å². The number of halogens is 1. The van der Waals surface area contributed by atoms with Gasteiger partial charge in [0.1, 0.15) is 5.82 Å². The van der Waals surface area contributed by atoms with Crippen molar-refractivity contribution in [2.45, 2.75) is 6.54 Å². The summed E-state index contributed by atoms with van der Waals surface area (Å²) in [6.07, 6.45) is 3.44. The molecule has 3 aromatic rings. The summed E-state index contributed by atoms with van der Waals surface area (Å²) >= 11 is 1.31. The minimum Gasteiger partial charge on any atom is -0.337 e. The molecule has 102 valence electrons. The molecule has 0 aliphatic carbocycles. The zero-order chi connectivity index (χ0) is 14.1. The molecule has 2 aromatic heterocycles. The molecule has 6 heteroatoms. The van der Waals surface area contributed by atoms with Gasteiger partial charge in [-0.15, -0.1) is 11.3 Å². The Bertz CT molecular complexity index is 751. The van der Waals surface area contributed by atoms with Crippen LogP contribution in [-0.2, 0) is 6.54 Å². The average Bonchev–Trinajstić information content (AvgIpc) is 3.06. The molecule has 2 heterocycles. The summed E-state index contributed by atoms with van der Waals surface area (Å²) in [5, 5.41) is 7.45. The predicted octanol–water partition coefficient (Wildman–Crippen LogP) is 3.04. The van der Waals surface area contributed by atoms with Crippen molar-refractivity contribution in [3.05, 3.63) is 52.9 Å². The van der Waals surface area contributed by atoms with Crippen molar-refractivity contribution < 1.29 is 9.18 Å². The van der Waals surface area contributed by atoms with Gasteiger partial charge in [-0.3, -0.25) is 9.89 Å². The van der Waals surface area contributed by atoms with E-state index in [9.17, 15) is 9.18 Å². The zero-order valence-corrected chi connectivity index (χ0v) is 11.6. The molecule has 0 aliphatic rings. The van der Waals surface area contributed by atoms with Gasteiger partial charge >= 0.3 is 0 Å². The molecule has 20 heavy (non-hydrogen) atoms. The summed E-state index contributed by atoms with van der Waals surface area (Å²) in [5.41, 5.74) is 0.938. The predicted molar refractivity (Wildman–Crippen MR) is 76.2 cm³/mol. The van der Waals surface area contributed by atoms with E-state index in [0.717, 1.165) is 15.6 Å². The lowest BCUT2D eigenvalue weighted by atomic mass is 10.2. The first-order chi connectivity index (χ1) is 9.63. The third kappa shape index (κ3) is 2.42. The summed E-state index contributed by atoms with van der Waals surface area (Å²) in [7, 11) is 1.74. The van der Waals surface area contributed by atoms with E-state index in [1.165, 1.54) is 23.5 Å². The molecular formula is C14H12FN3OS. The number of aromatic nitrogens is 2. The molecule has 1 N–H and O–H groups in total. The Kier molecular flexibility index (Phi) is 3.23. The van der Waals surface area contributed by atoms with Crippen molar-refractivity contribution in [2.75, 3.05) is 7.05 Å². The fraction of sp³-hybridized carbons (Fsp3) is 0.143. The largest absolute Gasteiger partial charge is 0.337 e. The number of carbonyl (C=O) groups is 1. The molecule has 0 fully saturated rings. The van der Waals surface area contributed by atoms with E-state index in [1.54, 1.807) is 36.5 Å². The number of hydrogen-bond donors (Lipinski definition) is 1. The molecule has 0 saturated carbocycles. The van der Waals surface area contributed by atoms with Crippen molar-refractivity contribution in [1.82, 2.24) is 15.1 Å². The maximum Gasteiger partial charge on any atom is 0.264 e. The van der Waals surface area contributed by atoms with Gasteiger partial charge in [0.2, 0.25) is 0 Å². The minimum absolute atomic E-state index is 0.0761. The maximum absolute atomic E-state index is 13.2. The number of H-pyrrole nitrogens is 1. The van der Waals surface area contributed by atoms with Crippen molar-refractivity contribution in [1.29, 1.82) is 0 Å². The van der Waals surface area contributed by atoms with Crippen LogP contribution in [0.25, 0.3) is 10.1 Å². The third-order valence-corrected chi connectivity index (χ3v) is 4.10. The molecule has 1 amide bonds. The number of benzene rings is 1. The second kappa shape index (κ2) is 5.05. The monoisotopic (exact) mass is 289 g/mol. The number of thiophene rings is 1.